The molecule has 28 heavy (non-hydrogen) atoms. The maximum atomic E-state index is 12.8. The maximum Gasteiger partial charge on any atom is 0.433 e. The zero-order chi connectivity index (χ0) is 20.3. The lowest BCUT2D eigenvalue weighted by Crippen LogP contribution is -2.30. The third-order valence-corrected chi connectivity index (χ3v) is 4.29. The molecule has 1 amide bonds. The van der Waals surface area contributed by atoms with Gasteiger partial charge < -0.3 is 5.32 Å². The first-order valence-electron chi connectivity index (χ1n) is 8.59. The molecule has 2 heterocycles. The van der Waals surface area contributed by atoms with Crippen LogP contribution in [0.4, 0.5) is 13.2 Å². The molecular formula is C21H18F3N3O. The van der Waals surface area contributed by atoms with Gasteiger partial charge in [0.15, 0.2) is 0 Å². The minimum atomic E-state index is -4.56. The van der Waals surface area contributed by atoms with E-state index in [2.05, 4.69) is 15.3 Å². The molecule has 0 bridgehead atoms. The zero-order valence-electron chi connectivity index (χ0n) is 15.3. The number of hydrogen-bond acceptors (Lipinski definition) is 3. The first-order valence-corrected chi connectivity index (χ1v) is 8.59. The second-order valence-corrected chi connectivity index (χ2v) is 6.40. The Kier molecular flexibility index (Phi) is 5.44. The number of benzene rings is 1. The second kappa shape index (κ2) is 7.80. The number of halogens is 3. The van der Waals surface area contributed by atoms with Crippen LogP contribution < -0.4 is 5.32 Å². The number of carbonyl (C=O) groups is 1. The minimum absolute atomic E-state index is 0.0102. The highest BCUT2D eigenvalue weighted by Crippen LogP contribution is 2.28. The highest BCUT2D eigenvalue weighted by atomic mass is 19.4. The van der Waals surface area contributed by atoms with Gasteiger partial charge in [-0.1, -0.05) is 35.9 Å². The van der Waals surface area contributed by atoms with Crippen LogP contribution >= 0.6 is 0 Å². The van der Waals surface area contributed by atoms with Crippen LogP contribution in [0.25, 0.3) is 0 Å². The predicted octanol–water partition coefficient (Wildman–Crippen LogP) is 4.63. The Hall–Kier alpha value is -3.22. The van der Waals surface area contributed by atoms with Crippen molar-refractivity contribution in [2.45, 2.75) is 26.1 Å². The lowest BCUT2D eigenvalue weighted by molar-refractivity contribution is -0.141. The van der Waals surface area contributed by atoms with Crippen molar-refractivity contribution < 1.29 is 18.0 Å². The van der Waals surface area contributed by atoms with Gasteiger partial charge in [-0.25, -0.2) is 4.98 Å². The van der Waals surface area contributed by atoms with E-state index in [4.69, 9.17) is 0 Å². The summed E-state index contributed by atoms with van der Waals surface area (Å²) in [6, 6.07) is 14.4. The summed E-state index contributed by atoms with van der Waals surface area (Å²) < 4.78 is 38.4. The van der Waals surface area contributed by atoms with Crippen molar-refractivity contribution in [3.8, 4) is 0 Å². The Balaban J connectivity index is 1.93. The number of amides is 1. The van der Waals surface area contributed by atoms with E-state index in [-0.39, 0.29) is 11.3 Å². The van der Waals surface area contributed by atoms with E-state index < -0.39 is 23.8 Å². The van der Waals surface area contributed by atoms with Gasteiger partial charge in [0.05, 0.1) is 23.0 Å². The fourth-order valence-corrected chi connectivity index (χ4v) is 2.80. The summed E-state index contributed by atoms with van der Waals surface area (Å²) in [7, 11) is 0. The van der Waals surface area contributed by atoms with Crippen LogP contribution in [-0.4, -0.2) is 15.9 Å². The molecule has 1 aromatic carbocycles. The van der Waals surface area contributed by atoms with Crippen LogP contribution in [-0.2, 0) is 6.18 Å². The van der Waals surface area contributed by atoms with Gasteiger partial charge in [0.25, 0.3) is 5.91 Å². The molecule has 0 fully saturated rings. The lowest BCUT2D eigenvalue weighted by atomic mass is 10.0. The summed E-state index contributed by atoms with van der Waals surface area (Å²) in [6.45, 7) is 3.33. The molecule has 0 aliphatic carbocycles. The molecule has 1 N–H and O–H groups in total. The molecule has 2 aromatic heterocycles. The maximum absolute atomic E-state index is 12.8. The topological polar surface area (TPSA) is 54.9 Å². The van der Waals surface area contributed by atoms with Crippen LogP contribution in [0, 0.1) is 13.8 Å². The number of rotatable bonds is 4. The number of pyridine rings is 2. The van der Waals surface area contributed by atoms with Crippen LogP contribution in [0.2, 0.25) is 0 Å². The molecule has 0 aliphatic heterocycles. The average molecular weight is 385 g/mol. The molecule has 7 heteroatoms. The van der Waals surface area contributed by atoms with Gasteiger partial charge in [-0.05, 0) is 43.7 Å². The molecule has 0 aliphatic rings. The highest BCUT2D eigenvalue weighted by Gasteiger charge is 2.33. The summed E-state index contributed by atoms with van der Waals surface area (Å²) in [4.78, 5) is 20.6. The molecule has 0 radical (unpaired) electrons. The third kappa shape index (κ3) is 4.36. The SMILES string of the molecule is Cc1ccc([C@@H](NC(=O)c2ccc(C(F)(F)F)nc2C)c2ccccn2)cc1. The van der Waals surface area contributed by atoms with Crippen LogP contribution in [0.3, 0.4) is 0 Å². The van der Waals surface area contributed by atoms with E-state index >= 15 is 0 Å². The molecule has 4 nitrogen and oxygen atoms in total. The summed E-state index contributed by atoms with van der Waals surface area (Å²) in [5, 5.41) is 2.86. The van der Waals surface area contributed by atoms with Gasteiger partial charge in [-0.15, -0.1) is 0 Å². The summed E-state index contributed by atoms with van der Waals surface area (Å²) in [5.41, 5.74) is 1.57. The van der Waals surface area contributed by atoms with Gasteiger partial charge in [0.1, 0.15) is 5.69 Å². The van der Waals surface area contributed by atoms with Gasteiger partial charge in [0, 0.05) is 6.20 Å². The van der Waals surface area contributed by atoms with E-state index in [0.717, 1.165) is 23.3 Å². The largest absolute Gasteiger partial charge is 0.433 e. The number of aromatic nitrogens is 2. The number of aryl methyl sites for hydroxylation is 2. The van der Waals surface area contributed by atoms with Crippen molar-refractivity contribution in [1.82, 2.24) is 15.3 Å². The molecule has 3 aromatic rings. The van der Waals surface area contributed by atoms with Gasteiger partial charge in [-0.3, -0.25) is 9.78 Å². The summed E-state index contributed by atoms with van der Waals surface area (Å²) in [5.74, 6) is -0.519. The van der Waals surface area contributed by atoms with Crippen molar-refractivity contribution >= 4 is 5.91 Å². The molecule has 3 rings (SSSR count). The Labute approximate surface area is 160 Å². The second-order valence-electron chi connectivity index (χ2n) is 6.40. The Bertz CT molecular complexity index is 970. The first-order chi connectivity index (χ1) is 13.3. The van der Waals surface area contributed by atoms with E-state index in [1.165, 1.54) is 6.92 Å². The number of nitrogens with one attached hydrogen (secondary N) is 1. The standard InChI is InChI=1S/C21H18F3N3O/c1-13-6-8-15(9-7-13)19(17-5-3-4-12-25-17)27-20(28)16-10-11-18(21(22,23)24)26-14(16)2/h3-12,19H,1-2H3,(H,27,28)/t19-/m1/s1. The number of carbonyl (C=O) groups excluding carboxylic acids is 1. The Morgan fingerprint density at radius 2 is 1.71 bits per heavy atom. The molecule has 144 valence electrons. The molecule has 0 unspecified atom stereocenters. The third-order valence-electron chi connectivity index (χ3n) is 4.29. The van der Waals surface area contributed by atoms with Gasteiger partial charge in [-0.2, -0.15) is 13.2 Å². The van der Waals surface area contributed by atoms with Crippen molar-refractivity contribution in [1.29, 1.82) is 0 Å². The van der Waals surface area contributed by atoms with Crippen molar-refractivity contribution in [3.05, 3.63) is 94.6 Å². The monoisotopic (exact) mass is 385 g/mol. The number of hydrogen-bond donors (Lipinski definition) is 1. The minimum Gasteiger partial charge on any atom is -0.339 e. The van der Waals surface area contributed by atoms with Crippen molar-refractivity contribution in [2.75, 3.05) is 0 Å². The van der Waals surface area contributed by atoms with E-state index in [1.54, 1.807) is 24.4 Å². The van der Waals surface area contributed by atoms with Gasteiger partial charge in [0.2, 0.25) is 0 Å². The van der Waals surface area contributed by atoms with Crippen LogP contribution in [0.1, 0.15) is 44.6 Å². The number of nitrogens with zero attached hydrogens (tertiary/aromatic N) is 2. The summed E-state index contributed by atoms with van der Waals surface area (Å²) in [6.07, 6.45) is -2.94. The molecule has 0 saturated heterocycles. The van der Waals surface area contributed by atoms with E-state index in [0.29, 0.717) is 5.69 Å². The lowest BCUT2D eigenvalue weighted by Gasteiger charge is -2.20. The molecular weight excluding hydrogens is 367 g/mol. The average Bonchev–Trinajstić information content (AvgIpc) is 2.66. The van der Waals surface area contributed by atoms with Crippen LogP contribution in [0.5, 0.6) is 0 Å². The smallest absolute Gasteiger partial charge is 0.339 e. The van der Waals surface area contributed by atoms with Crippen LogP contribution in [0.15, 0.2) is 60.8 Å². The Morgan fingerprint density at radius 1 is 1.00 bits per heavy atom. The fourth-order valence-electron chi connectivity index (χ4n) is 2.80. The molecule has 0 spiro atoms. The van der Waals surface area contributed by atoms with E-state index in [9.17, 15) is 18.0 Å². The molecule has 1 atom stereocenters. The predicted molar refractivity (Wildman–Crippen MR) is 98.7 cm³/mol. The van der Waals surface area contributed by atoms with Gasteiger partial charge >= 0.3 is 6.18 Å². The highest BCUT2D eigenvalue weighted by molar-refractivity contribution is 5.95. The molecule has 0 saturated carbocycles. The fraction of sp³-hybridized carbons (Fsp3) is 0.190. The van der Waals surface area contributed by atoms with Crippen molar-refractivity contribution in [3.63, 3.8) is 0 Å². The quantitative estimate of drug-likeness (QED) is 0.712. The van der Waals surface area contributed by atoms with E-state index in [1.807, 2.05) is 31.2 Å². The Morgan fingerprint density at radius 3 is 2.29 bits per heavy atom. The normalized spacial score (nSPS) is 12.5. The van der Waals surface area contributed by atoms with Crippen molar-refractivity contribution in [2.24, 2.45) is 0 Å². The first kappa shape index (κ1) is 19.5. The summed E-state index contributed by atoms with van der Waals surface area (Å²) >= 11 is 0. The number of alkyl halides is 3. The zero-order valence-corrected chi connectivity index (χ0v) is 15.3.